The van der Waals surface area contributed by atoms with Gasteiger partial charge in [0, 0.05) is 19.6 Å². The Kier molecular flexibility index (Phi) is 2.96. The molecule has 1 amide bonds. The molecule has 1 N–H and O–H groups in total. The van der Waals surface area contributed by atoms with E-state index in [4.69, 9.17) is 0 Å². The fourth-order valence-electron chi connectivity index (χ4n) is 3.09. The highest BCUT2D eigenvalue weighted by Crippen LogP contribution is 2.29. The molecule has 1 aromatic rings. The monoisotopic (exact) mass is 246 g/mol. The fourth-order valence-corrected chi connectivity index (χ4v) is 3.09. The Morgan fingerprint density at radius 3 is 2.44 bits per heavy atom. The van der Waals surface area contributed by atoms with E-state index in [0.29, 0.717) is 6.54 Å². The Hall–Kier alpha value is -1.55. The second kappa shape index (κ2) is 4.61. The van der Waals surface area contributed by atoms with Crippen LogP contribution in [0.15, 0.2) is 24.3 Å². The number of carbonyl (C=O) groups is 1. The van der Waals surface area contributed by atoms with Crippen molar-refractivity contribution in [3.05, 3.63) is 35.4 Å². The number of piperidine rings is 1. The second-order valence-electron chi connectivity index (χ2n) is 5.13. The molecule has 0 bridgehead atoms. The third-order valence-electron chi connectivity index (χ3n) is 4.00. The van der Waals surface area contributed by atoms with E-state index < -0.39 is 6.09 Å². The Morgan fingerprint density at radius 1 is 1.17 bits per heavy atom. The van der Waals surface area contributed by atoms with Crippen LogP contribution in [0.5, 0.6) is 0 Å². The predicted octanol–water partition coefficient (Wildman–Crippen LogP) is 2.49. The normalized spacial score (nSPS) is 24.0. The maximum absolute atomic E-state index is 11.3. The number of nitrogens with zero attached hydrogens (tertiary/aromatic N) is 2. The van der Waals surface area contributed by atoms with Crippen molar-refractivity contribution >= 4 is 6.09 Å². The van der Waals surface area contributed by atoms with Gasteiger partial charge in [0.15, 0.2) is 0 Å². The van der Waals surface area contributed by atoms with Crippen LogP contribution in [0.2, 0.25) is 0 Å². The van der Waals surface area contributed by atoms with Crippen molar-refractivity contribution in [1.82, 2.24) is 9.80 Å². The van der Waals surface area contributed by atoms with E-state index in [-0.39, 0.29) is 6.17 Å². The largest absolute Gasteiger partial charge is 0.465 e. The van der Waals surface area contributed by atoms with Crippen molar-refractivity contribution in [1.29, 1.82) is 0 Å². The van der Waals surface area contributed by atoms with Gasteiger partial charge in [-0.2, -0.15) is 0 Å². The summed E-state index contributed by atoms with van der Waals surface area (Å²) in [4.78, 5) is 15.2. The maximum atomic E-state index is 11.3. The van der Waals surface area contributed by atoms with Crippen molar-refractivity contribution in [3.8, 4) is 0 Å². The highest BCUT2D eigenvalue weighted by atomic mass is 16.4. The van der Waals surface area contributed by atoms with Crippen LogP contribution >= 0.6 is 0 Å². The van der Waals surface area contributed by atoms with Crippen LogP contribution in [0, 0.1) is 0 Å². The molecule has 1 unspecified atom stereocenters. The lowest BCUT2D eigenvalue weighted by Gasteiger charge is -2.39. The van der Waals surface area contributed by atoms with Crippen molar-refractivity contribution < 1.29 is 9.90 Å². The molecule has 0 saturated carbocycles. The van der Waals surface area contributed by atoms with E-state index >= 15 is 0 Å². The van der Waals surface area contributed by atoms with E-state index in [1.54, 1.807) is 4.90 Å². The Labute approximate surface area is 107 Å². The summed E-state index contributed by atoms with van der Waals surface area (Å²) >= 11 is 0. The van der Waals surface area contributed by atoms with Crippen LogP contribution in [0.25, 0.3) is 0 Å². The maximum Gasteiger partial charge on any atom is 0.408 e. The highest BCUT2D eigenvalue weighted by Gasteiger charge is 2.33. The van der Waals surface area contributed by atoms with Crippen molar-refractivity contribution in [2.45, 2.75) is 38.5 Å². The molecular weight excluding hydrogens is 228 g/mol. The van der Waals surface area contributed by atoms with Crippen molar-refractivity contribution in [2.24, 2.45) is 0 Å². The van der Waals surface area contributed by atoms with E-state index in [2.05, 4.69) is 29.2 Å². The molecule has 4 nitrogen and oxygen atoms in total. The molecule has 1 atom stereocenters. The van der Waals surface area contributed by atoms with E-state index in [0.717, 1.165) is 32.4 Å². The lowest BCUT2D eigenvalue weighted by atomic mass is 10.1. The number of hydrogen-bond acceptors (Lipinski definition) is 2. The Balaban J connectivity index is 1.78. The topological polar surface area (TPSA) is 43.8 Å². The first-order valence-electron chi connectivity index (χ1n) is 6.56. The van der Waals surface area contributed by atoms with Gasteiger partial charge in [0.1, 0.15) is 0 Å². The zero-order valence-electron chi connectivity index (χ0n) is 10.4. The highest BCUT2D eigenvalue weighted by molar-refractivity contribution is 5.65. The van der Waals surface area contributed by atoms with E-state index in [1.807, 2.05) is 0 Å². The second-order valence-corrected chi connectivity index (χ2v) is 5.13. The zero-order chi connectivity index (χ0) is 12.5. The van der Waals surface area contributed by atoms with Crippen LogP contribution in [0.3, 0.4) is 0 Å². The number of benzene rings is 1. The summed E-state index contributed by atoms with van der Waals surface area (Å²) in [5.74, 6) is 0. The molecule has 1 saturated heterocycles. The summed E-state index contributed by atoms with van der Waals surface area (Å²) in [5.41, 5.74) is 2.68. The molecule has 96 valence electrons. The molecule has 1 fully saturated rings. The minimum atomic E-state index is -0.782. The molecule has 4 heteroatoms. The molecule has 0 radical (unpaired) electrons. The summed E-state index contributed by atoms with van der Waals surface area (Å²) in [7, 11) is 0. The van der Waals surface area contributed by atoms with Gasteiger partial charge in [0.2, 0.25) is 0 Å². The minimum Gasteiger partial charge on any atom is -0.465 e. The lowest BCUT2D eigenvalue weighted by molar-refractivity contribution is 0.0176. The summed E-state index contributed by atoms with van der Waals surface area (Å²) in [6, 6.07) is 8.39. The molecule has 18 heavy (non-hydrogen) atoms. The molecule has 2 heterocycles. The molecule has 0 aliphatic carbocycles. The molecular formula is C14H18N2O2. The van der Waals surface area contributed by atoms with Gasteiger partial charge < -0.3 is 5.11 Å². The van der Waals surface area contributed by atoms with Gasteiger partial charge in [-0.1, -0.05) is 24.3 Å². The average molecular weight is 246 g/mol. The van der Waals surface area contributed by atoms with E-state index in [9.17, 15) is 9.90 Å². The van der Waals surface area contributed by atoms with Crippen LogP contribution in [0.1, 0.15) is 30.4 Å². The number of rotatable bonds is 1. The smallest absolute Gasteiger partial charge is 0.408 e. The summed E-state index contributed by atoms with van der Waals surface area (Å²) in [6.45, 7) is 2.43. The van der Waals surface area contributed by atoms with Crippen LogP contribution in [-0.2, 0) is 13.1 Å². The number of likely N-dealkylation sites (tertiary alicyclic amines) is 1. The van der Waals surface area contributed by atoms with E-state index in [1.165, 1.54) is 11.1 Å². The first-order valence-corrected chi connectivity index (χ1v) is 6.56. The SMILES string of the molecule is O=C(O)N1CCCCC1N1Cc2ccccc2C1. The Bertz CT molecular complexity index is 436. The van der Waals surface area contributed by atoms with Gasteiger partial charge in [-0.25, -0.2) is 4.79 Å². The van der Waals surface area contributed by atoms with Gasteiger partial charge in [-0.15, -0.1) is 0 Å². The quantitative estimate of drug-likeness (QED) is 0.828. The molecule has 3 rings (SSSR count). The van der Waals surface area contributed by atoms with Gasteiger partial charge in [-0.05, 0) is 30.4 Å². The zero-order valence-corrected chi connectivity index (χ0v) is 10.4. The molecule has 2 aliphatic rings. The standard InChI is InChI=1S/C14H18N2O2/c17-14(18)16-8-4-3-7-13(16)15-9-11-5-1-2-6-12(11)10-15/h1-2,5-6,13H,3-4,7-10H2,(H,17,18). The summed E-state index contributed by atoms with van der Waals surface area (Å²) < 4.78 is 0. The average Bonchev–Trinajstić information content (AvgIpc) is 2.82. The number of amides is 1. The summed E-state index contributed by atoms with van der Waals surface area (Å²) in [6.07, 6.45) is 2.35. The molecule has 2 aliphatic heterocycles. The first kappa shape index (κ1) is 11.5. The summed E-state index contributed by atoms with van der Waals surface area (Å²) in [5, 5.41) is 9.29. The predicted molar refractivity (Wildman–Crippen MR) is 68.1 cm³/mol. The van der Waals surface area contributed by atoms with Crippen LogP contribution < -0.4 is 0 Å². The van der Waals surface area contributed by atoms with Crippen molar-refractivity contribution in [3.63, 3.8) is 0 Å². The third kappa shape index (κ3) is 1.97. The fraction of sp³-hybridized carbons (Fsp3) is 0.500. The molecule has 1 aromatic carbocycles. The van der Waals surface area contributed by atoms with Crippen molar-refractivity contribution in [2.75, 3.05) is 6.54 Å². The molecule has 0 aromatic heterocycles. The van der Waals surface area contributed by atoms with Gasteiger partial charge in [0.25, 0.3) is 0 Å². The number of hydrogen-bond donors (Lipinski definition) is 1. The third-order valence-corrected chi connectivity index (χ3v) is 4.00. The number of carboxylic acid groups (broad SMARTS) is 1. The lowest BCUT2D eigenvalue weighted by Crippen LogP contribution is -2.51. The van der Waals surface area contributed by atoms with Crippen LogP contribution in [0.4, 0.5) is 4.79 Å². The van der Waals surface area contributed by atoms with Crippen LogP contribution in [-0.4, -0.2) is 33.7 Å². The van der Waals surface area contributed by atoms with Gasteiger partial charge in [-0.3, -0.25) is 9.80 Å². The first-order chi connectivity index (χ1) is 8.75. The Morgan fingerprint density at radius 2 is 1.83 bits per heavy atom. The minimum absolute atomic E-state index is 0.0589. The number of fused-ring (bicyclic) bond motifs is 1. The molecule has 0 spiro atoms. The van der Waals surface area contributed by atoms with Gasteiger partial charge >= 0.3 is 6.09 Å². The van der Waals surface area contributed by atoms with Gasteiger partial charge in [0.05, 0.1) is 6.17 Å².